The molecule has 2 heterocycles. The number of rotatable bonds is 13. The minimum Gasteiger partial charge on any atom is -0.378 e. The summed E-state index contributed by atoms with van der Waals surface area (Å²) in [5, 5.41) is 9.02. The lowest BCUT2D eigenvalue weighted by molar-refractivity contribution is -0.118. The van der Waals surface area contributed by atoms with Crippen LogP contribution in [0.25, 0.3) is 22.5 Å². The van der Waals surface area contributed by atoms with Gasteiger partial charge in [0.1, 0.15) is 5.69 Å². The molecule has 0 bridgehead atoms. The molecular formula is C26H34N6O4. The topological polar surface area (TPSA) is 131 Å². The van der Waals surface area contributed by atoms with E-state index in [1.54, 1.807) is 0 Å². The van der Waals surface area contributed by atoms with Crippen LogP contribution in [0.3, 0.4) is 0 Å². The Morgan fingerprint density at radius 1 is 0.833 bits per heavy atom. The van der Waals surface area contributed by atoms with Crippen molar-refractivity contribution in [1.82, 2.24) is 15.0 Å². The number of benzene rings is 2. The van der Waals surface area contributed by atoms with Gasteiger partial charge in [-0.3, -0.25) is 4.79 Å². The number of amides is 1. The molecule has 10 heteroatoms. The number of hydrogen-bond donors (Lipinski definition) is 2. The van der Waals surface area contributed by atoms with Gasteiger partial charge in [-0.2, -0.15) is 0 Å². The Hall–Kier alpha value is -3.15. The molecular weight excluding hydrogens is 460 g/mol. The van der Waals surface area contributed by atoms with Crippen LogP contribution in [-0.4, -0.2) is 73.6 Å². The molecule has 1 amide bonds. The zero-order valence-corrected chi connectivity index (χ0v) is 20.5. The predicted molar refractivity (Wildman–Crippen MR) is 137 cm³/mol. The van der Waals surface area contributed by atoms with Crippen molar-refractivity contribution < 1.29 is 19.0 Å². The summed E-state index contributed by atoms with van der Waals surface area (Å²) in [5.74, 6) is -0.0148. The van der Waals surface area contributed by atoms with Crippen molar-refractivity contribution in [1.29, 1.82) is 0 Å². The van der Waals surface area contributed by atoms with Crippen LogP contribution >= 0.6 is 0 Å². The summed E-state index contributed by atoms with van der Waals surface area (Å²) in [4.78, 5) is 14.9. The molecule has 0 atom stereocenters. The number of ether oxygens (including phenoxy) is 3. The van der Waals surface area contributed by atoms with Crippen molar-refractivity contribution in [2.45, 2.75) is 19.5 Å². The molecule has 0 saturated heterocycles. The summed E-state index contributed by atoms with van der Waals surface area (Å²) in [6, 6.07) is 15.9. The molecule has 2 aromatic carbocycles. The van der Waals surface area contributed by atoms with Gasteiger partial charge in [0.2, 0.25) is 5.91 Å². The molecule has 10 nitrogen and oxygen atoms in total. The first-order valence-electron chi connectivity index (χ1n) is 12.3. The molecule has 0 aliphatic carbocycles. The molecule has 0 unspecified atom stereocenters. The fraction of sp³-hybridized carbons (Fsp3) is 0.423. The van der Waals surface area contributed by atoms with Crippen molar-refractivity contribution in [3.63, 3.8) is 0 Å². The summed E-state index contributed by atoms with van der Waals surface area (Å²) in [5.41, 5.74) is 16.5. The van der Waals surface area contributed by atoms with E-state index >= 15 is 0 Å². The van der Waals surface area contributed by atoms with Crippen LogP contribution in [0.2, 0.25) is 0 Å². The number of carbonyl (C=O) groups is 1. The summed E-state index contributed by atoms with van der Waals surface area (Å²) in [6.07, 6.45) is 0.274. The maximum atomic E-state index is 13.1. The van der Waals surface area contributed by atoms with Gasteiger partial charge in [0.05, 0.1) is 64.1 Å². The van der Waals surface area contributed by atoms with Crippen LogP contribution in [0.15, 0.2) is 48.5 Å². The summed E-state index contributed by atoms with van der Waals surface area (Å²) in [7, 11) is 0. The predicted octanol–water partition coefficient (Wildman–Crippen LogP) is 1.82. The van der Waals surface area contributed by atoms with Gasteiger partial charge in [-0.1, -0.05) is 47.7 Å². The number of anilines is 1. The third kappa shape index (κ3) is 6.15. The van der Waals surface area contributed by atoms with Gasteiger partial charge in [-0.05, 0) is 11.6 Å². The zero-order valence-electron chi connectivity index (χ0n) is 20.5. The smallest absolute Gasteiger partial charge is 0.228 e. The molecule has 1 aliphatic heterocycles. The Labute approximate surface area is 211 Å². The Bertz CT molecular complexity index is 1140. The van der Waals surface area contributed by atoms with E-state index in [1.807, 2.05) is 58.1 Å². The lowest BCUT2D eigenvalue weighted by Crippen LogP contribution is -2.33. The van der Waals surface area contributed by atoms with Gasteiger partial charge in [0.15, 0.2) is 0 Å². The number of hydrogen-bond acceptors (Lipinski definition) is 8. The third-order valence-corrected chi connectivity index (χ3v) is 5.90. The molecule has 36 heavy (non-hydrogen) atoms. The van der Waals surface area contributed by atoms with E-state index < -0.39 is 0 Å². The Morgan fingerprint density at radius 3 is 2.25 bits per heavy atom. The van der Waals surface area contributed by atoms with E-state index in [9.17, 15) is 4.79 Å². The van der Waals surface area contributed by atoms with E-state index in [0.29, 0.717) is 65.8 Å². The maximum Gasteiger partial charge on any atom is 0.228 e. The summed E-state index contributed by atoms with van der Waals surface area (Å²) in [6.45, 7) is 4.72. The van der Waals surface area contributed by atoms with Crippen molar-refractivity contribution in [2.24, 2.45) is 11.5 Å². The number of nitrogens with zero attached hydrogens (tertiary/aromatic N) is 4. The van der Waals surface area contributed by atoms with Gasteiger partial charge in [0, 0.05) is 30.6 Å². The molecule has 4 N–H and O–H groups in total. The lowest BCUT2D eigenvalue weighted by atomic mass is 9.95. The summed E-state index contributed by atoms with van der Waals surface area (Å²) < 4.78 is 18.4. The maximum absolute atomic E-state index is 13.1. The highest BCUT2D eigenvalue weighted by atomic mass is 16.5. The second-order valence-electron chi connectivity index (χ2n) is 8.33. The SMILES string of the molecule is NCCOCCOCCOCCn1nnc2c1-c1ccccc1N(C(=O)CCN)Cc1ccccc1-2. The van der Waals surface area contributed by atoms with Crippen molar-refractivity contribution in [2.75, 3.05) is 57.6 Å². The molecule has 0 saturated carbocycles. The Balaban J connectivity index is 1.52. The van der Waals surface area contributed by atoms with Crippen LogP contribution in [-0.2, 0) is 32.1 Å². The van der Waals surface area contributed by atoms with Crippen LogP contribution in [0.5, 0.6) is 0 Å². The first-order valence-corrected chi connectivity index (χ1v) is 12.3. The molecule has 0 spiro atoms. The second kappa shape index (κ2) is 13.2. The standard InChI is InChI=1S/C26H34N6O4/c27-10-9-24(33)31-19-20-5-1-2-6-21(20)25-26(22-7-3-4-8-23(22)31)32(30-29-25)12-14-35-16-18-36-17-15-34-13-11-28/h1-8H,9-19,27-28H2. The number of carbonyl (C=O) groups excluding carboxylic acids is 1. The van der Waals surface area contributed by atoms with Gasteiger partial charge in [0.25, 0.3) is 0 Å². The van der Waals surface area contributed by atoms with Crippen molar-refractivity contribution >= 4 is 11.6 Å². The van der Waals surface area contributed by atoms with E-state index in [-0.39, 0.29) is 12.3 Å². The number of nitrogens with two attached hydrogens (primary N) is 2. The zero-order chi connectivity index (χ0) is 25.2. The normalized spacial score (nSPS) is 12.4. The van der Waals surface area contributed by atoms with E-state index in [0.717, 1.165) is 33.8 Å². The molecule has 3 aromatic rings. The first-order chi connectivity index (χ1) is 17.7. The molecule has 4 rings (SSSR count). The Kier molecular flexibility index (Phi) is 9.54. The molecule has 1 aliphatic rings. The molecule has 0 radical (unpaired) electrons. The molecule has 0 fully saturated rings. The highest BCUT2D eigenvalue weighted by Gasteiger charge is 2.28. The van der Waals surface area contributed by atoms with E-state index in [2.05, 4.69) is 10.3 Å². The van der Waals surface area contributed by atoms with Crippen LogP contribution < -0.4 is 16.4 Å². The van der Waals surface area contributed by atoms with Crippen LogP contribution in [0.4, 0.5) is 5.69 Å². The van der Waals surface area contributed by atoms with Crippen LogP contribution in [0, 0.1) is 0 Å². The van der Waals surface area contributed by atoms with Crippen molar-refractivity contribution in [3.05, 3.63) is 54.1 Å². The van der Waals surface area contributed by atoms with E-state index in [4.69, 9.17) is 25.7 Å². The highest BCUT2D eigenvalue weighted by molar-refractivity contribution is 6.00. The largest absolute Gasteiger partial charge is 0.378 e. The fourth-order valence-corrected chi connectivity index (χ4v) is 4.23. The second-order valence-corrected chi connectivity index (χ2v) is 8.33. The fourth-order valence-electron chi connectivity index (χ4n) is 4.23. The summed E-state index contributed by atoms with van der Waals surface area (Å²) >= 11 is 0. The lowest BCUT2D eigenvalue weighted by Gasteiger charge is -2.28. The first kappa shape index (κ1) is 25.9. The molecule has 1 aromatic heterocycles. The monoisotopic (exact) mass is 494 g/mol. The van der Waals surface area contributed by atoms with Gasteiger partial charge >= 0.3 is 0 Å². The molecule has 192 valence electrons. The van der Waals surface area contributed by atoms with Gasteiger partial charge in [-0.15, -0.1) is 5.10 Å². The highest BCUT2D eigenvalue weighted by Crippen LogP contribution is 2.41. The van der Waals surface area contributed by atoms with E-state index in [1.165, 1.54) is 0 Å². The average molecular weight is 495 g/mol. The number of fused-ring (bicyclic) bond motifs is 5. The Morgan fingerprint density at radius 2 is 1.50 bits per heavy atom. The quantitative estimate of drug-likeness (QED) is 0.344. The van der Waals surface area contributed by atoms with Crippen LogP contribution in [0.1, 0.15) is 12.0 Å². The van der Waals surface area contributed by atoms with Gasteiger partial charge in [-0.25, -0.2) is 4.68 Å². The minimum absolute atomic E-state index is 0.0148. The minimum atomic E-state index is -0.0148. The van der Waals surface area contributed by atoms with Gasteiger partial charge < -0.3 is 30.6 Å². The number of para-hydroxylation sites is 1. The number of aromatic nitrogens is 3. The van der Waals surface area contributed by atoms with Crippen molar-refractivity contribution in [3.8, 4) is 22.5 Å². The third-order valence-electron chi connectivity index (χ3n) is 5.90. The average Bonchev–Trinajstić information content (AvgIpc) is 3.30.